The summed E-state index contributed by atoms with van der Waals surface area (Å²) >= 11 is 0. The number of alkyl halides is 3. The SMILES string of the molecule is COc1ccc(CNC(=O)c2cccc(C#N)c2)cc1-c1cccc(CN2C[C@@H]3C[C@H]2CN3)c1.O=C(O)C(F)(F)F. The van der Waals surface area contributed by atoms with E-state index >= 15 is 0 Å². The van der Waals surface area contributed by atoms with Gasteiger partial charge in [-0.25, -0.2) is 4.79 Å². The molecule has 8 nitrogen and oxygen atoms in total. The molecule has 3 aromatic carbocycles. The molecule has 2 aliphatic rings. The lowest BCUT2D eigenvalue weighted by Gasteiger charge is -2.27. The molecule has 0 aromatic heterocycles. The van der Waals surface area contributed by atoms with E-state index in [0.29, 0.717) is 29.8 Å². The van der Waals surface area contributed by atoms with Crippen molar-refractivity contribution in [1.82, 2.24) is 15.5 Å². The molecule has 2 bridgehead atoms. The van der Waals surface area contributed by atoms with Crippen LogP contribution in [0.5, 0.6) is 5.75 Å². The number of carboxylic acid groups (broad SMARTS) is 1. The van der Waals surface area contributed by atoms with Gasteiger partial charge in [-0.15, -0.1) is 0 Å². The Morgan fingerprint density at radius 3 is 2.51 bits per heavy atom. The molecule has 41 heavy (non-hydrogen) atoms. The third-order valence-corrected chi connectivity index (χ3v) is 7.01. The minimum absolute atomic E-state index is 0.203. The summed E-state index contributed by atoms with van der Waals surface area (Å²) in [6.45, 7) is 3.55. The molecule has 0 unspecified atom stereocenters. The van der Waals surface area contributed by atoms with Crippen molar-refractivity contribution in [3.05, 3.63) is 89.0 Å². The van der Waals surface area contributed by atoms with Crippen LogP contribution in [0, 0.1) is 11.3 Å². The molecule has 11 heteroatoms. The van der Waals surface area contributed by atoms with Crippen LogP contribution in [0.15, 0.2) is 66.7 Å². The van der Waals surface area contributed by atoms with Crippen LogP contribution in [-0.2, 0) is 17.9 Å². The number of benzene rings is 3. The van der Waals surface area contributed by atoms with Crippen LogP contribution in [0.25, 0.3) is 11.1 Å². The summed E-state index contributed by atoms with van der Waals surface area (Å²) in [5.74, 6) is -2.16. The molecular weight excluding hydrogens is 537 g/mol. The van der Waals surface area contributed by atoms with Crippen molar-refractivity contribution < 1.29 is 32.6 Å². The first kappa shape index (κ1) is 29.6. The van der Waals surface area contributed by atoms with Gasteiger partial charge in [0.25, 0.3) is 5.91 Å². The zero-order valence-corrected chi connectivity index (χ0v) is 22.2. The fraction of sp³-hybridized carbons (Fsp3) is 0.300. The highest BCUT2D eigenvalue weighted by Crippen LogP contribution is 2.32. The third kappa shape index (κ3) is 7.63. The molecule has 2 fully saturated rings. The first-order valence-electron chi connectivity index (χ1n) is 12.9. The van der Waals surface area contributed by atoms with Gasteiger partial charge in [-0.05, 0) is 59.5 Å². The number of carbonyl (C=O) groups is 2. The van der Waals surface area contributed by atoms with Gasteiger partial charge in [-0.1, -0.05) is 30.3 Å². The van der Waals surface area contributed by atoms with Crippen molar-refractivity contribution in [3.8, 4) is 22.9 Å². The predicted molar refractivity (Wildman–Crippen MR) is 145 cm³/mol. The number of nitrogens with one attached hydrogen (secondary N) is 2. The fourth-order valence-electron chi connectivity index (χ4n) is 5.02. The Hall–Kier alpha value is -4.40. The van der Waals surface area contributed by atoms with E-state index in [2.05, 4.69) is 51.9 Å². The number of nitrogens with zero attached hydrogens (tertiary/aromatic N) is 2. The van der Waals surface area contributed by atoms with Gasteiger partial charge in [0.05, 0.1) is 18.7 Å². The molecular formula is C30H29F3N4O4. The first-order valence-corrected chi connectivity index (χ1v) is 12.9. The number of piperazine rings is 1. The maximum Gasteiger partial charge on any atom is 0.490 e. The number of methoxy groups -OCH3 is 1. The molecule has 0 aliphatic carbocycles. The van der Waals surface area contributed by atoms with E-state index in [0.717, 1.165) is 42.1 Å². The Morgan fingerprint density at radius 2 is 1.88 bits per heavy atom. The maximum absolute atomic E-state index is 12.6. The highest BCUT2D eigenvalue weighted by Gasteiger charge is 2.38. The minimum Gasteiger partial charge on any atom is -0.496 e. The van der Waals surface area contributed by atoms with E-state index in [9.17, 15) is 18.0 Å². The van der Waals surface area contributed by atoms with Crippen LogP contribution in [-0.4, -0.2) is 60.3 Å². The van der Waals surface area contributed by atoms with E-state index in [1.165, 1.54) is 12.0 Å². The van der Waals surface area contributed by atoms with Gasteiger partial charge in [0.15, 0.2) is 0 Å². The van der Waals surface area contributed by atoms with Crippen LogP contribution in [0.2, 0.25) is 0 Å². The number of carbonyl (C=O) groups excluding carboxylic acids is 1. The van der Waals surface area contributed by atoms with Gasteiger partial charge in [0.1, 0.15) is 5.75 Å². The molecule has 2 atom stereocenters. The molecule has 2 aliphatic heterocycles. The summed E-state index contributed by atoms with van der Waals surface area (Å²) in [6.07, 6.45) is -3.83. The van der Waals surface area contributed by atoms with Gasteiger partial charge >= 0.3 is 12.1 Å². The molecule has 0 spiro atoms. The average molecular weight is 567 g/mol. The third-order valence-electron chi connectivity index (χ3n) is 7.01. The zero-order chi connectivity index (χ0) is 29.6. The fourth-order valence-corrected chi connectivity index (χ4v) is 5.02. The van der Waals surface area contributed by atoms with Gasteiger partial charge in [0, 0.05) is 49.4 Å². The van der Waals surface area contributed by atoms with Crippen molar-refractivity contribution in [2.24, 2.45) is 0 Å². The number of amides is 1. The van der Waals surface area contributed by atoms with E-state index in [-0.39, 0.29) is 5.91 Å². The second kappa shape index (κ2) is 12.8. The monoisotopic (exact) mass is 566 g/mol. The van der Waals surface area contributed by atoms with Crippen molar-refractivity contribution in [1.29, 1.82) is 5.26 Å². The molecule has 3 aromatic rings. The topological polar surface area (TPSA) is 115 Å². The second-order valence-corrected chi connectivity index (χ2v) is 9.84. The van der Waals surface area contributed by atoms with Crippen molar-refractivity contribution in [3.63, 3.8) is 0 Å². The Bertz CT molecular complexity index is 1450. The number of rotatable bonds is 7. The second-order valence-electron chi connectivity index (χ2n) is 9.84. The van der Waals surface area contributed by atoms with E-state index in [4.69, 9.17) is 19.9 Å². The van der Waals surface area contributed by atoms with Gasteiger partial charge < -0.3 is 20.5 Å². The summed E-state index contributed by atoms with van der Waals surface area (Å²) < 4.78 is 37.4. The molecule has 2 saturated heterocycles. The normalized spacial score (nSPS) is 17.7. The highest BCUT2D eigenvalue weighted by molar-refractivity contribution is 5.94. The summed E-state index contributed by atoms with van der Waals surface area (Å²) in [5.41, 5.74) is 5.33. The summed E-state index contributed by atoms with van der Waals surface area (Å²) in [5, 5.41) is 22.7. The molecule has 0 radical (unpaired) electrons. The number of halogens is 3. The van der Waals surface area contributed by atoms with Crippen molar-refractivity contribution in [2.45, 2.75) is 37.8 Å². The van der Waals surface area contributed by atoms with Crippen molar-refractivity contribution in [2.75, 3.05) is 20.2 Å². The number of aliphatic carboxylic acids is 1. The van der Waals surface area contributed by atoms with E-state index in [1.54, 1.807) is 31.4 Å². The minimum atomic E-state index is -5.08. The lowest BCUT2D eigenvalue weighted by molar-refractivity contribution is -0.192. The smallest absolute Gasteiger partial charge is 0.490 e. The van der Waals surface area contributed by atoms with Gasteiger partial charge in [0.2, 0.25) is 0 Å². The van der Waals surface area contributed by atoms with E-state index in [1.807, 2.05) is 12.1 Å². The zero-order valence-electron chi connectivity index (χ0n) is 22.2. The summed E-state index contributed by atoms with van der Waals surface area (Å²) in [7, 11) is 1.68. The number of hydrogen-bond donors (Lipinski definition) is 3. The number of carboxylic acids is 1. The van der Waals surface area contributed by atoms with Crippen LogP contribution in [0.3, 0.4) is 0 Å². The van der Waals surface area contributed by atoms with Crippen LogP contribution in [0.1, 0.15) is 33.5 Å². The van der Waals surface area contributed by atoms with Crippen LogP contribution in [0.4, 0.5) is 13.2 Å². The largest absolute Gasteiger partial charge is 0.496 e. The lowest BCUT2D eigenvalue weighted by atomic mass is 9.99. The maximum atomic E-state index is 12.6. The number of fused-ring (bicyclic) bond motifs is 2. The summed E-state index contributed by atoms with van der Waals surface area (Å²) in [4.78, 5) is 24.0. The molecule has 2 heterocycles. The Kier molecular flexibility index (Phi) is 9.27. The molecule has 214 valence electrons. The Morgan fingerprint density at radius 1 is 1.12 bits per heavy atom. The van der Waals surface area contributed by atoms with Crippen LogP contribution < -0.4 is 15.4 Å². The molecule has 0 saturated carbocycles. The average Bonchev–Trinajstić information content (AvgIpc) is 3.59. The highest BCUT2D eigenvalue weighted by atomic mass is 19.4. The number of ether oxygens (including phenoxy) is 1. The molecule has 5 rings (SSSR count). The number of hydrogen-bond acceptors (Lipinski definition) is 6. The number of likely N-dealkylation sites (tertiary alicyclic amines) is 1. The first-order chi connectivity index (χ1) is 19.6. The molecule has 1 amide bonds. The summed E-state index contributed by atoms with van der Waals surface area (Å²) in [6, 6.07) is 24.7. The standard InChI is InChI=1S/C28H28N4O2.C2HF3O2/c1-34-27-9-8-20(15-31-28(33)23-7-2-4-19(10-23)14-29)12-26(27)22-6-3-5-21(11-22)17-32-18-24-13-25(32)16-30-24;3-2(4,5)1(6)7/h2-12,24-25,30H,13,15-18H2,1H3,(H,31,33);(H,6,7)/t24-,25-;/m0./s1. The Balaban J connectivity index is 0.000000493. The van der Waals surface area contributed by atoms with Gasteiger partial charge in [-0.2, -0.15) is 18.4 Å². The molecule has 3 N–H and O–H groups in total. The quantitative estimate of drug-likeness (QED) is 0.390. The lowest BCUT2D eigenvalue weighted by Crippen LogP contribution is -2.42. The van der Waals surface area contributed by atoms with E-state index < -0.39 is 12.1 Å². The Labute approximate surface area is 235 Å². The predicted octanol–water partition coefficient (Wildman–Crippen LogP) is 4.34. The van der Waals surface area contributed by atoms with Crippen LogP contribution >= 0.6 is 0 Å². The number of nitriles is 1. The van der Waals surface area contributed by atoms with Crippen molar-refractivity contribution >= 4 is 11.9 Å². The van der Waals surface area contributed by atoms with Gasteiger partial charge in [-0.3, -0.25) is 9.69 Å².